The molecule has 1 aromatic heterocycles. The molecule has 1 aromatic carbocycles. The second-order valence-electron chi connectivity index (χ2n) is 5.74. The molecule has 2 aromatic rings. The summed E-state index contributed by atoms with van der Waals surface area (Å²) in [4.78, 5) is 7.13. The summed E-state index contributed by atoms with van der Waals surface area (Å²) in [6.45, 7) is 1.55. The van der Waals surface area contributed by atoms with E-state index in [1.807, 2.05) is 6.20 Å². The Kier molecular flexibility index (Phi) is 4.76. The summed E-state index contributed by atoms with van der Waals surface area (Å²) in [5.74, 6) is 1.09. The first kappa shape index (κ1) is 14.8. The van der Waals surface area contributed by atoms with Crippen molar-refractivity contribution in [3.63, 3.8) is 0 Å². The lowest BCUT2D eigenvalue weighted by molar-refractivity contribution is 0.415. The number of nitrogens with zero attached hydrogens (tertiary/aromatic N) is 2. The van der Waals surface area contributed by atoms with Crippen LogP contribution >= 0.6 is 15.9 Å². The van der Waals surface area contributed by atoms with Gasteiger partial charge in [-0.2, -0.15) is 0 Å². The van der Waals surface area contributed by atoms with E-state index >= 15 is 0 Å². The maximum Gasteiger partial charge on any atom is 0.136 e. The van der Waals surface area contributed by atoms with Crippen molar-refractivity contribution in [3.8, 4) is 0 Å². The lowest BCUT2D eigenvalue weighted by Gasteiger charge is -2.35. The van der Waals surface area contributed by atoms with Crippen molar-refractivity contribution in [2.24, 2.45) is 5.73 Å². The second-order valence-corrected chi connectivity index (χ2v) is 6.60. The van der Waals surface area contributed by atoms with Gasteiger partial charge in [0.15, 0.2) is 0 Å². The Labute approximate surface area is 134 Å². The molecule has 4 heteroatoms. The molecule has 0 bridgehead atoms. The highest BCUT2D eigenvalue weighted by molar-refractivity contribution is 9.10. The molecule has 3 nitrogen and oxygen atoms in total. The van der Waals surface area contributed by atoms with Crippen molar-refractivity contribution >= 4 is 32.5 Å². The van der Waals surface area contributed by atoms with Gasteiger partial charge in [-0.25, -0.2) is 4.98 Å². The van der Waals surface area contributed by atoms with Crippen molar-refractivity contribution in [2.75, 3.05) is 18.0 Å². The third-order valence-electron chi connectivity index (χ3n) is 4.39. The summed E-state index contributed by atoms with van der Waals surface area (Å²) in [5.41, 5.74) is 5.87. The molecule has 0 radical (unpaired) electrons. The van der Waals surface area contributed by atoms with Crippen LogP contribution in [0.1, 0.15) is 32.1 Å². The Hall–Kier alpha value is -1.13. The number of rotatable bonds is 4. The van der Waals surface area contributed by atoms with Gasteiger partial charge in [-0.3, -0.25) is 0 Å². The molecule has 1 fully saturated rings. The van der Waals surface area contributed by atoms with Crippen molar-refractivity contribution in [2.45, 2.75) is 38.1 Å². The van der Waals surface area contributed by atoms with Gasteiger partial charge in [0.05, 0.1) is 0 Å². The molecule has 0 saturated heterocycles. The zero-order chi connectivity index (χ0) is 14.7. The second kappa shape index (κ2) is 6.75. The van der Waals surface area contributed by atoms with E-state index in [-0.39, 0.29) is 0 Å². The van der Waals surface area contributed by atoms with Gasteiger partial charge in [-0.15, -0.1) is 0 Å². The minimum absolute atomic E-state index is 0.583. The van der Waals surface area contributed by atoms with Crippen molar-refractivity contribution < 1.29 is 0 Å². The standard InChI is InChI=1S/C17H22BrN3/c18-16-8-4-7-15-14(16)9-11-20-17(15)21(12-10-19)13-5-2-1-3-6-13/h4,7-9,11,13H,1-3,5-6,10,12,19H2. The maximum atomic E-state index is 5.87. The molecule has 0 spiro atoms. The van der Waals surface area contributed by atoms with Gasteiger partial charge in [0, 0.05) is 40.6 Å². The zero-order valence-electron chi connectivity index (χ0n) is 12.3. The fraction of sp³-hybridized carbons (Fsp3) is 0.471. The molecular formula is C17H22BrN3. The Bertz CT molecular complexity index is 608. The third-order valence-corrected chi connectivity index (χ3v) is 5.08. The highest BCUT2D eigenvalue weighted by Crippen LogP contribution is 2.33. The van der Waals surface area contributed by atoms with E-state index in [4.69, 9.17) is 10.7 Å². The SMILES string of the molecule is NCCN(c1nccc2c(Br)cccc12)C1CCCCC1. The Morgan fingerprint density at radius 2 is 1.95 bits per heavy atom. The van der Waals surface area contributed by atoms with Crippen molar-refractivity contribution in [3.05, 3.63) is 34.9 Å². The maximum absolute atomic E-state index is 5.87. The average molecular weight is 348 g/mol. The van der Waals surface area contributed by atoms with Gasteiger partial charge >= 0.3 is 0 Å². The van der Waals surface area contributed by atoms with E-state index in [1.54, 1.807) is 0 Å². The highest BCUT2D eigenvalue weighted by Gasteiger charge is 2.23. The van der Waals surface area contributed by atoms with E-state index in [1.165, 1.54) is 42.9 Å². The average Bonchev–Trinajstić information content (AvgIpc) is 2.54. The number of hydrogen-bond acceptors (Lipinski definition) is 3. The van der Waals surface area contributed by atoms with Gasteiger partial charge in [-0.05, 0) is 25.0 Å². The molecule has 1 saturated carbocycles. The Morgan fingerprint density at radius 1 is 1.14 bits per heavy atom. The molecule has 0 amide bonds. The van der Waals surface area contributed by atoms with Gasteiger partial charge < -0.3 is 10.6 Å². The predicted molar refractivity (Wildman–Crippen MR) is 92.7 cm³/mol. The van der Waals surface area contributed by atoms with Crippen molar-refractivity contribution in [1.82, 2.24) is 4.98 Å². The van der Waals surface area contributed by atoms with E-state index in [0.717, 1.165) is 16.8 Å². The van der Waals surface area contributed by atoms with E-state index in [2.05, 4.69) is 45.1 Å². The highest BCUT2D eigenvalue weighted by atomic mass is 79.9. The predicted octanol–water partition coefficient (Wildman–Crippen LogP) is 4.10. The van der Waals surface area contributed by atoms with Crippen LogP contribution in [0.2, 0.25) is 0 Å². The quantitative estimate of drug-likeness (QED) is 0.905. The number of nitrogens with two attached hydrogens (primary N) is 1. The number of aromatic nitrogens is 1. The van der Waals surface area contributed by atoms with Crippen LogP contribution in [0.15, 0.2) is 34.9 Å². The Balaban J connectivity index is 2.04. The lowest BCUT2D eigenvalue weighted by Crippen LogP contribution is -2.40. The number of halogens is 1. The van der Waals surface area contributed by atoms with Gasteiger partial charge in [0.2, 0.25) is 0 Å². The van der Waals surface area contributed by atoms with Gasteiger partial charge in [0.25, 0.3) is 0 Å². The number of fused-ring (bicyclic) bond motifs is 1. The van der Waals surface area contributed by atoms with Crippen LogP contribution in [-0.4, -0.2) is 24.1 Å². The summed E-state index contributed by atoms with van der Waals surface area (Å²) < 4.78 is 1.12. The molecule has 1 aliphatic rings. The van der Waals surface area contributed by atoms with Crippen LogP contribution in [-0.2, 0) is 0 Å². The minimum atomic E-state index is 0.583. The molecule has 0 aliphatic heterocycles. The summed E-state index contributed by atoms with van der Waals surface area (Å²) in [5, 5.41) is 2.44. The first-order valence-electron chi connectivity index (χ1n) is 7.81. The molecule has 0 unspecified atom stereocenters. The molecular weight excluding hydrogens is 326 g/mol. The van der Waals surface area contributed by atoms with E-state index in [9.17, 15) is 0 Å². The summed E-state index contributed by atoms with van der Waals surface area (Å²) in [7, 11) is 0. The van der Waals surface area contributed by atoms with Crippen LogP contribution in [0, 0.1) is 0 Å². The number of anilines is 1. The van der Waals surface area contributed by atoms with Crippen molar-refractivity contribution in [1.29, 1.82) is 0 Å². The number of hydrogen-bond donors (Lipinski definition) is 1. The molecule has 2 N–H and O–H groups in total. The van der Waals surface area contributed by atoms with Crippen LogP contribution in [0.4, 0.5) is 5.82 Å². The largest absolute Gasteiger partial charge is 0.352 e. The van der Waals surface area contributed by atoms with Crippen LogP contribution in [0.3, 0.4) is 0 Å². The Morgan fingerprint density at radius 3 is 2.71 bits per heavy atom. The van der Waals surface area contributed by atoms with Gasteiger partial charge in [-0.1, -0.05) is 47.3 Å². The third kappa shape index (κ3) is 3.06. The summed E-state index contributed by atoms with van der Waals surface area (Å²) in [6.07, 6.45) is 8.43. The molecule has 1 aliphatic carbocycles. The van der Waals surface area contributed by atoms with Gasteiger partial charge in [0.1, 0.15) is 5.82 Å². The first-order chi connectivity index (χ1) is 10.3. The normalized spacial score (nSPS) is 16.3. The van der Waals surface area contributed by atoms with Crippen LogP contribution in [0.5, 0.6) is 0 Å². The lowest BCUT2D eigenvalue weighted by atomic mass is 9.94. The molecule has 1 heterocycles. The zero-order valence-corrected chi connectivity index (χ0v) is 13.8. The van der Waals surface area contributed by atoms with E-state index in [0.29, 0.717) is 12.6 Å². The molecule has 3 rings (SSSR count). The molecule has 0 atom stereocenters. The first-order valence-corrected chi connectivity index (χ1v) is 8.60. The number of pyridine rings is 1. The smallest absolute Gasteiger partial charge is 0.136 e. The summed E-state index contributed by atoms with van der Waals surface area (Å²) in [6, 6.07) is 8.98. The van der Waals surface area contributed by atoms with E-state index < -0.39 is 0 Å². The van der Waals surface area contributed by atoms with Crippen LogP contribution in [0.25, 0.3) is 10.8 Å². The fourth-order valence-corrected chi connectivity index (χ4v) is 3.87. The monoisotopic (exact) mass is 347 g/mol. The molecule has 21 heavy (non-hydrogen) atoms. The topological polar surface area (TPSA) is 42.1 Å². The fourth-order valence-electron chi connectivity index (χ4n) is 3.38. The minimum Gasteiger partial charge on any atom is -0.352 e. The van der Waals surface area contributed by atoms with Crippen LogP contribution < -0.4 is 10.6 Å². The summed E-state index contributed by atoms with van der Waals surface area (Å²) >= 11 is 3.64. The number of benzene rings is 1. The molecule has 112 valence electrons.